The molecule has 1 N–H and O–H groups in total. The van der Waals surface area contributed by atoms with E-state index in [1.807, 2.05) is 0 Å². The lowest BCUT2D eigenvalue weighted by atomic mass is 10.1. The summed E-state index contributed by atoms with van der Waals surface area (Å²) in [6.45, 7) is 4.50. The maximum absolute atomic E-state index is 13.1. The van der Waals surface area contributed by atoms with Crippen LogP contribution in [0, 0.1) is 5.82 Å². The number of hydrogen-bond acceptors (Lipinski definition) is 4. The van der Waals surface area contributed by atoms with Gasteiger partial charge in [0.1, 0.15) is 5.82 Å². The number of nitrogens with zero attached hydrogens (tertiary/aromatic N) is 2. The van der Waals surface area contributed by atoms with Crippen molar-refractivity contribution in [3.05, 3.63) is 29.8 Å². The van der Waals surface area contributed by atoms with Crippen molar-refractivity contribution in [3.8, 4) is 0 Å². The monoisotopic (exact) mass is 279 g/mol. The van der Waals surface area contributed by atoms with Crippen molar-refractivity contribution in [3.63, 3.8) is 0 Å². The topological polar surface area (TPSA) is 54.5 Å². The minimum atomic E-state index is -0.497. The van der Waals surface area contributed by atoms with Crippen LogP contribution in [-0.2, 0) is 4.74 Å². The Morgan fingerprint density at radius 2 is 2.35 bits per heavy atom. The second-order valence-corrected chi connectivity index (χ2v) is 5.55. The summed E-state index contributed by atoms with van der Waals surface area (Å²) in [5.41, 5.74) is 0.263. The predicted molar refractivity (Wildman–Crippen MR) is 70.8 cm³/mol. The molecule has 108 valence electrons. The highest BCUT2D eigenvalue weighted by Gasteiger charge is 2.36. The molecule has 1 aromatic rings. The second-order valence-electron chi connectivity index (χ2n) is 5.55. The molecule has 0 radical (unpaired) electrons. The smallest absolute Gasteiger partial charge is 0.253 e. The van der Waals surface area contributed by atoms with Crippen molar-refractivity contribution in [1.82, 2.24) is 15.2 Å². The largest absolute Gasteiger partial charge is 0.376 e. The average molecular weight is 279 g/mol. The molecule has 2 fully saturated rings. The van der Waals surface area contributed by atoms with Gasteiger partial charge in [-0.05, 0) is 19.4 Å². The first-order valence-corrected chi connectivity index (χ1v) is 6.89. The zero-order valence-corrected chi connectivity index (χ0v) is 11.4. The Bertz CT molecular complexity index is 511. The Hall–Kier alpha value is -1.53. The fraction of sp³-hybridized carbons (Fsp3) is 0.571. The number of nitrogens with one attached hydrogen (secondary N) is 1. The van der Waals surface area contributed by atoms with E-state index in [4.69, 9.17) is 4.74 Å². The molecule has 2 aliphatic heterocycles. The van der Waals surface area contributed by atoms with Crippen LogP contribution in [0.5, 0.6) is 0 Å². The number of hydrogen-bond donors (Lipinski definition) is 1. The summed E-state index contributed by atoms with van der Waals surface area (Å²) < 4.78 is 18.7. The summed E-state index contributed by atoms with van der Waals surface area (Å²) in [5, 5.41) is 2.95. The SMILES string of the molecule is C[C@H]1CN2C[C@H](NC(=O)c3cncc(F)c3)C[C@H]2CO1. The number of halogens is 1. The fourth-order valence-electron chi connectivity index (χ4n) is 2.95. The van der Waals surface area contributed by atoms with Crippen LogP contribution in [0.1, 0.15) is 23.7 Å². The van der Waals surface area contributed by atoms with Gasteiger partial charge in [-0.3, -0.25) is 14.7 Å². The molecule has 1 aromatic heterocycles. The van der Waals surface area contributed by atoms with Gasteiger partial charge in [-0.25, -0.2) is 4.39 Å². The molecule has 0 aromatic carbocycles. The van der Waals surface area contributed by atoms with Gasteiger partial charge in [0, 0.05) is 31.4 Å². The van der Waals surface area contributed by atoms with Crippen LogP contribution >= 0.6 is 0 Å². The van der Waals surface area contributed by atoms with Crippen LogP contribution in [0.3, 0.4) is 0 Å². The normalized spacial score (nSPS) is 30.0. The number of carbonyl (C=O) groups excluding carboxylic acids is 1. The Morgan fingerprint density at radius 1 is 1.50 bits per heavy atom. The quantitative estimate of drug-likeness (QED) is 0.870. The highest BCUT2D eigenvalue weighted by Crippen LogP contribution is 2.23. The Labute approximate surface area is 117 Å². The number of amides is 1. The van der Waals surface area contributed by atoms with E-state index in [2.05, 4.69) is 22.1 Å². The highest BCUT2D eigenvalue weighted by atomic mass is 19.1. The first-order chi connectivity index (χ1) is 9.61. The average Bonchev–Trinajstić information content (AvgIpc) is 2.80. The highest BCUT2D eigenvalue weighted by molar-refractivity contribution is 5.94. The summed E-state index contributed by atoms with van der Waals surface area (Å²) in [7, 11) is 0. The standard InChI is InChI=1S/C14H18FN3O2/c1-9-6-18-7-12(3-13(18)8-20-9)17-14(19)10-2-11(15)5-16-4-10/h2,4-5,9,12-13H,3,6-8H2,1H3,(H,17,19)/t9-,12+,13-/m0/s1. The number of fused-ring (bicyclic) bond motifs is 1. The Morgan fingerprint density at radius 3 is 3.15 bits per heavy atom. The molecule has 0 spiro atoms. The van der Waals surface area contributed by atoms with Gasteiger partial charge in [-0.2, -0.15) is 0 Å². The molecule has 0 bridgehead atoms. The molecule has 3 atom stereocenters. The van der Waals surface area contributed by atoms with E-state index in [1.165, 1.54) is 12.3 Å². The molecule has 0 saturated carbocycles. The lowest BCUT2D eigenvalue weighted by Gasteiger charge is -2.33. The van der Waals surface area contributed by atoms with E-state index in [1.54, 1.807) is 0 Å². The molecule has 0 aliphatic carbocycles. The zero-order chi connectivity index (χ0) is 14.1. The third kappa shape index (κ3) is 2.81. The number of morpholine rings is 1. The molecule has 20 heavy (non-hydrogen) atoms. The van der Waals surface area contributed by atoms with E-state index in [9.17, 15) is 9.18 Å². The van der Waals surface area contributed by atoms with E-state index in [0.717, 1.165) is 32.3 Å². The van der Waals surface area contributed by atoms with Crippen LogP contribution in [0.15, 0.2) is 18.5 Å². The van der Waals surface area contributed by atoms with Crippen LogP contribution in [0.4, 0.5) is 4.39 Å². The maximum atomic E-state index is 13.1. The van der Waals surface area contributed by atoms with Gasteiger partial charge in [0.2, 0.25) is 0 Å². The van der Waals surface area contributed by atoms with Gasteiger partial charge in [0.15, 0.2) is 0 Å². The van der Waals surface area contributed by atoms with E-state index >= 15 is 0 Å². The number of rotatable bonds is 2. The minimum absolute atomic E-state index is 0.0877. The van der Waals surface area contributed by atoms with Crippen molar-refractivity contribution >= 4 is 5.91 Å². The number of pyridine rings is 1. The van der Waals surface area contributed by atoms with Crippen LogP contribution < -0.4 is 5.32 Å². The van der Waals surface area contributed by atoms with E-state index < -0.39 is 5.82 Å². The van der Waals surface area contributed by atoms with E-state index in [-0.39, 0.29) is 23.6 Å². The first-order valence-electron chi connectivity index (χ1n) is 6.89. The molecule has 2 aliphatic rings. The molecule has 3 heterocycles. The molecule has 6 heteroatoms. The van der Waals surface area contributed by atoms with Gasteiger partial charge >= 0.3 is 0 Å². The first kappa shape index (κ1) is 13.5. The lowest BCUT2D eigenvalue weighted by Crippen LogP contribution is -2.45. The Kier molecular flexibility index (Phi) is 3.67. The minimum Gasteiger partial charge on any atom is -0.376 e. The van der Waals surface area contributed by atoms with Crippen LogP contribution in [0.25, 0.3) is 0 Å². The molecule has 0 unspecified atom stereocenters. The number of ether oxygens (including phenoxy) is 1. The summed E-state index contributed by atoms with van der Waals surface area (Å²) in [5.74, 6) is -0.764. The molecule has 2 saturated heterocycles. The maximum Gasteiger partial charge on any atom is 0.253 e. The van der Waals surface area contributed by atoms with Crippen molar-refractivity contribution in [2.45, 2.75) is 31.5 Å². The summed E-state index contributed by atoms with van der Waals surface area (Å²) >= 11 is 0. The molecular weight excluding hydrogens is 261 g/mol. The van der Waals surface area contributed by atoms with Gasteiger partial charge in [-0.15, -0.1) is 0 Å². The zero-order valence-electron chi connectivity index (χ0n) is 11.4. The van der Waals surface area contributed by atoms with Crippen LogP contribution in [0.2, 0.25) is 0 Å². The number of aromatic nitrogens is 1. The molecule has 5 nitrogen and oxygen atoms in total. The third-order valence-corrected chi connectivity index (χ3v) is 3.89. The Balaban J connectivity index is 1.60. The van der Waals surface area contributed by atoms with Gasteiger partial charge < -0.3 is 10.1 Å². The summed E-state index contributed by atoms with van der Waals surface area (Å²) in [6, 6.07) is 1.67. The van der Waals surface area contributed by atoms with Crippen molar-refractivity contribution in [2.24, 2.45) is 0 Å². The van der Waals surface area contributed by atoms with Crippen molar-refractivity contribution in [2.75, 3.05) is 19.7 Å². The summed E-state index contributed by atoms with van der Waals surface area (Å²) in [4.78, 5) is 18.1. The fourth-order valence-corrected chi connectivity index (χ4v) is 2.95. The third-order valence-electron chi connectivity index (χ3n) is 3.89. The molecule has 3 rings (SSSR count). The lowest BCUT2D eigenvalue weighted by molar-refractivity contribution is -0.0390. The number of carbonyl (C=O) groups is 1. The summed E-state index contributed by atoms with van der Waals surface area (Å²) in [6.07, 6.45) is 3.59. The van der Waals surface area contributed by atoms with Gasteiger partial charge in [-0.1, -0.05) is 0 Å². The van der Waals surface area contributed by atoms with Crippen molar-refractivity contribution < 1.29 is 13.9 Å². The second kappa shape index (κ2) is 5.46. The van der Waals surface area contributed by atoms with Gasteiger partial charge in [0.05, 0.1) is 24.5 Å². The van der Waals surface area contributed by atoms with Crippen molar-refractivity contribution in [1.29, 1.82) is 0 Å². The van der Waals surface area contributed by atoms with Crippen LogP contribution in [-0.4, -0.2) is 53.7 Å². The van der Waals surface area contributed by atoms with Gasteiger partial charge in [0.25, 0.3) is 5.91 Å². The molecule has 1 amide bonds. The predicted octanol–water partition coefficient (Wildman–Crippen LogP) is 0.812. The van der Waals surface area contributed by atoms with E-state index in [0.29, 0.717) is 6.04 Å². The molecular formula is C14H18FN3O2.